The summed E-state index contributed by atoms with van der Waals surface area (Å²) in [5.74, 6) is -1.22. The third-order valence-corrected chi connectivity index (χ3v) is 4.27. The van der Waals surface area contributed by atoms with E-state index < -0.39 is 18.0 Å². The van der Waals surface area contributed by atoms with Crippen molar-refractivity contribution in [2.24, 2.45) is 0 Å². The highest BCUT2D eigenvalue weighted by molar-refractivity contribution is 6.35. The number of anilines is 1. The van der Waals surface area contributed by atoms with Crippen LogP contribution in [0.4, 0.5) is 5.69 Å². The van der Waals surface area contributed by atoms with Crippen molar-refractivity contribution in [3.8, 4) is 11.3 Å². The highest BCUT2D eigenvalue weighted by Gasteiger charge is 2.21. The van der Waals surface area contributed by atoms with Gasteiger partial charge in [-0.3, -0.25) is 9.89 Å². The second kappa shape index (κ2) is 8.24. The van der Waals surface area contributed by atoms with Gasteiger partial charge in [-0.15, -0.1) is 0 Å². The molecule has 2 N–H and O–H groups in total. The summed E-state index contributed by atoms with van der Waals surface area (Å²) in [6.45, 7) is 1.46. The van der Waals surface area contributed by atoms with Gasteiger partial charge in [0.2, 0.25) is 0 Å². The Bertz CT molecular complexity index is 973. The first-order chi connectivity index (χ1) is 12.9. The summed E-state index contributed by atoms with van der Waals surface area (Å²) in [5.41, 5.74) is 1.94. The lowest BCUT2D eigenvalue weighted by molar-refractivity contribution is -0.123. The maximum atomic E-state index is 12.3. The highest BCUT2D eigenvalue weighted by atomic mass is 35.5. The number of aromatic amines is 1. The molecule has 3 aromatic rings. The molecule has 0 fully saturated rings. The van der Waals surface area contributed by atoms with Crippen molar-refractivity contribution in [1.29, 1.82) is 0 Å². The van der Waals surface area contributed by atoms with Gasteiger partial charge in [-0.05, 0) is 31.2 Å². The predicted octanol–water partition coefficient (Wildman–Crippen LogP) is 4.57. The van der Waals surface area contributed by atoms with Crippen LogP contribution in [0.25, 0.3) is 11.3 Å². The Hall–Kier alpha value is -2.83. The molecular weight excluding hydrogens is 389 g/mol. The Kier molecular flexibility index (Phi) is 5.78. The molecule has 27 heavy (non-hydrogen) atoms. The molecule has 0 aliphatic heterocycles. The number of hydrogen-bond donors (Lipinski definition) is 2. The number of benzene rings is 2. The van der Waals surface area contributed by atoms with Crippen molar-refractivity contribution < 1.29 is 14.3 Å². The van der Waals surface area contributed by atoms with E-state index >= 15 is 0 Å². The van der Waals surface area contributed by atoms with Gasteiger partial charge >= 0.3 is 5.97 Å². The number of nitrogens with zero attached hydrogens (tertiary/aromatic N) is 1. The largest absolute Gasteiger partial charge is 0.448 e. The van der Waals surface area contributed by atoms with E-state index in [0.717, 1.165) is 5.56 Å². The first-order valence-electron chi connectivity index (χ1n) is 8.02. The zero-order chi connectivity index (χ0) is 19.4. The molecule has 0 saturated carbocycles. The minimum absolute atomic E-state index is 0.147. The van der Waals surface area contributed by atoms with Crippen molar-refractivity contribution >= 4 is 40.8 Å². The van der Waals surface area contributed by atoms with E-state index in [1.807, 2.05) is 30.3 Å². The lowest BCUT2D eigenvalue weighted by Crippen LogP contribution is -2.30. The Morgan fingerprint density at radius 3 is 2.59 bits per heavy atom. The molecule has 0 aliphatic rings. The molecule has 8 heteroatoms. The number of halogens is 2. The molecule has 0 unspecified atom stereocenters. The first-order valence-corrected chi connectivity index (χ1v) is 8.77. The molecule has 1 heterocycles. The molecule has 0 radical (unpaired) electrons. The van der Waals surface area contributed by atoms with Crippen molar-refractivity contribution in [3.63, 3.8) is 0 Å². The number of aromatic nitrogens is 2. The molecule has 3 rings (SSSR count). The monoisotopic (exact) mass is 403 g/mol. The third-order valence-electron chi connectivity index (χ3n) is 3.71. The van der Waals surface area contributed by atoms with Crippen LogP contribution in [0.2, 0.25) is 10.0 Å². The number of hydrogen-bond acceptors (Lipinski definition) is 4. The second-order valence-corrected chi connectivity index (χ2v) is 6.54. The zero-order valence-corrected chi connectivity index (χ0v) is 15.7. The SMILES string of the molecule is C[C@H](OC(=O)c1cc(-c2ccccc2)n[nH]1)C(=O)Nc1cc(Cl)ccc1Cl. The van der Waals surface area contributed by atoms with Crippen LogP contribution in [0.5, 0.6) is 0 Å². The number of carbonyl (C=O) groups excluding carboxylic acids is 2. The van der Waals surface area contributed by atoms with Crippen LogP contribution in [-0.2, 0) is 9.53 Å². The van der Waals surface area contributed by atoms with Gasteiger partial charge in [-0.1, -0.05) is 53.5 Å². The normalized spacial score (nSPS) is 11.7. The Morgan fingerprint density at radius 2 is 1.85 bits per heavy atom. The van der Waals surface area contributed by atoms with Crippen molar-refractivity contribution in [1.82, 2.24) is 10.2 Å². The number of nitrogens with one attached hydrogen (secondary N) is 2. The summed E-state index contributed by atoms with van der Waals surface area (Å²) in [4.78, 5) is 24.5. The second-order valence-electron chi connectivity index (χ2n) is 5.69. The Labute approximate surface area is 165 Å². The van der Waals surface area contributed by atoms with E-state index in [2.05, 4.69) is 15.5 Å². The Morgan fingerprint density at radius 1 is 1.11 bits per heavy atom. The van der Waals surface area contributed by atoms with E-state index in [1.165, 1.54) is 13.0 Å². The fourth-order valence-electron chi connectivity index (χ4n) is 2.29. The topological polar surface area (TPSA) is 84.1 Å². The minimum Gasteiger partial charge on any atom is -0.448 e. The molecule has 1 atom stereocenters. The molecule has 0 aliphatic carbocycles. The van der Waals surface area contributed by atoms with Gasteiger partial charge in [0.05, 0.1) is 16.4 Å². The number of ether oxygens (including phenoxy) is 1. The number of esters is 1. The van der Waals surface area contributed by atoms with Gasteiger partial charge in [-0.25, -0.2) is 4.79 Å². The average Bonchev–Trinajstić information content (AvgIpc) is 3.15. The standard InChI is InChI=1S/C19H15Cl2N3O3/c1-11(18(25)22-16-9-13(20)7-8-14(16)21)27-19(26)17-10-15(23-24-17)12-5-3-2-4-6-12/h2-11H,1H3,(H,22,25)(H,23,24)/t11-/m0/s1. The number of amides is 1. The van der Waals surface area contributed by atoms with Crippen LogP contribution < -0.4 is 5.32 Å². The maximum Gasteiger partial charge on any atom is 0.357 e. The van der Waals surface area contributed by atoms with E-state index in [-0.39, 0.29) is 5.69 Å². The predicted molar refractivity (Wildman–Crippen MR) is 104 cm³/mol. The molecular formula is C19H15Cl2N3O3. The highest BCUT2D eigenvalue weighted by Crippen LogP contribution is 2.25. The molecule has 0 spiro atoms. The van der Waals surface area contributed by atoms with Gasteiger partial charge in [-0.2, -0.15) is 5.10 Å². The lowest BCUT2D eigenvalue weighted by atomic mass is 10.1. The van der Waals surface area contributed by atoms with Gasteiger partial charge in [0, 0.05) is 10.6 Å². The van der Waals surface area contributed by atoms with Crippen molar-refractivity contribution in [2.75, 3.05) is 5.32 Å². The summed E-state index contributed by atoms with van der Waals surface area (Å²) in [5, 5.41) is 10.0. The molecule has 1 aromatic heterocycles. The van der Waals surface area contributed by atoms with Crippen LogP contribution in [0.1, 0.15) is 17.4 Å². The summed E-state index contributed by atoms with van der Waals surface area (Å²) in [7, 11) is 0. The van der Waals surface area contributed by atoms with E-state index in [1.54, 1.807) is 18.2 Å². The minimum atomic E-state index is -1.05. The van der Waals surface area contributed by atoms with Crippen LogP contribution in [0.15, 0.2) is 54.6 Å². The fraction of sp³-hybridized carbons (Fsp3) is 0.105. The lowest BCUT2D eigenvalue weighted by Gasteiger charge is -2.13. The first kappa shape index (κ1) is 18.9. The van der Waals surface area contributed by atoms with Crippen molar-refractivity contribution in [2.45, 2.75) is 13.0 Å². The fourth-order valence-corrected chi connectivity index (χ4v) is 2.63. The number of carbonyl (C=O) groups is 2. The maximum absolute atomic E-state index is 12.3. The quantitative estimate of drug-likeness (QED) is 0.611. The van der Waals surface area contributed by atoms with Crippen LogP contribution in [0.3, 0.4) is 0 Å². The number of rotatable bonds is 5. The summed E-state index contributed by atoms with van der Waals surface area (Å²) >= 11 is 11.9. The third kappa shape index (κ3) is 4.67. The molecule has 138 valence electrons. The van der Waals surface area contributed by atoms with E-state index in [4.69, 9.17) is 27.9 Å². The Balaban J connectivity index is 1.64. The van der Waals surface area contributed by atoms with E-state index in [0.29, 0.717) is 21.4 Å². The van der Waals surface area contributed by atoms with Crippen LogP contribution >= 0.6 is 23.2 Å². The zero-order valence-electron chi connectivity index (χ0n) is 14.2. The van der Waals surface area contributed by atoms with Gasteiger partial charge in [0.15, 0.2) is 6.10 Å². The molecule has 6 nitrogen and oxygen atoms in total. The smallest absolute Gasteiger partial charge is 0.357 e. The molecule has 1 amide bonds. The molecule has 2 aromatic carbocycles. The summed E-state index contributed by atoms with van der Waals surface area (Å²) < 4.78 is 5.19. The van der Waals surface area contributed by atoms with Gasteiger partial charge in [0.25, 0.3) is 5.91 Å². The van der Waals surface area contributed by atoms with Crippen LogP contribution in [-0.4, -0.2) is 28.2 Å². The number of H-pyrrole nitrogens is 1. The van der Waals surface area contributed by atoms with E-state index in [9.17, 15) is 9.59 Å². The average molecular weight is 404 g/mol. The van der Waals surface area contributed by atoms with Crippen LogP contribution in [0, 0.1) is 0 Å². The van der Waals surface area contributed by atoms with Gasteiger partial charge in [0.1, 0.15) is 5.69 Å². The summed E-state index contributed by atoms with van der Waals surface area (Å²) in [6.07, 6.45) is -1.05. The molecule has 0 saturated heterocycles. The molecule has 0 bridgehead atoms. The van der Waals surface area contributed by atoms with Crippen molar-refractivity contribution in [3.05, 3.63) is 70.3 Å². The van der Waals surface area contributed by atoms with Gasteiger partial charge < -0.3 is 10.1 Å². The summed E-state index contributed by atoms with van der Waals surface area (Å²) in [6, 6.07) is 15.6.